The zero-order chi connectivity index (χ0) is 14.0. The standard InChI is InChI=1S/C12H19NO5/c1-4-5-6-9(14)7-8-10(11(15)17-2)13-12(16)18-3/h4,10H,1,5-8H2,2-3H3,(H,13,16)/t10-/m0/s1. The Morgan fingerprint density at radius 1 is 1.22 bits per heavy atom. The van der Waals surface area contributed by atoms with Gasteiger partial charge in [0.1, 0.15) is 11.8 Å². The van der Waals surface area contributed by atoms with E-state index in [0.29, 0.717) is 12.8 Å². The van der Waals surface area contributed by atoms with Crippen molar-refractivity contribution in [2.24, 2.45) is 0 Å². The van der Waals surface area contributed by atoms with Crippen LogP contribution in [0.2, 0.25) is 0 Å². The molecule has 0 aromatic carbocycles. The number of carbonyl (C=O) groups is 3. The van der Waals surface area contributed by atoms with Gasteiger partial charge in [0.15, 0.2) is 0 Å². The number of hydrogen-bond acceptors (Lipinski definition) is 5. The number of allylic oxidation sites excluding steroid dienone is 1. The summed E-state index contributed by atoms with van der Waals surface area (Å²) in [6.07, 6.45) is 2.29. The van der Waals surface area contributed by atoms with Crippen molar-refractivity contribution < 1.29 is 23.9 Å². The lowest BCUT2D eigenvalue weighted by Crippen LogP contribution is -2.41. The number of esters is 1. The number of amides is 1. The first-order chi connectivity index (χ1) is 8.54. The van der Waals surface area contributed by atoms with Crippen molar-refractivity contribution in [3.63, 3.8) is 0 Å². The van der Waals surface area contributed by atoms with Crippen LogP contribution in [0.4, 0.5) is 4.79 Å². The number of alkyl carbamates (subject to hydrolysis) is 1. The summed E-state index contributed by atoms with van der Waals surface area (Å²) in [5.41, 5.74) is 0. The van der Waals surface area contributed by atoms with Gasteiger partial charge in [-0.25, -0.2) is 9.59 Å². The highest BCUT2D eigenvalue weighted by atomic mass is 16.5. The fourth-order valence-electron chi connectivity index (χ4n) is 1.29. The monoisotopic (exact) mass is 257 g/mol. The molecule has 0 saturated heterocycles. The quantitative estimate of drug-likeness (QED) is 0.522. The maximum Gasteiger partial charge on any atom is 0.407 e. The van der Waals surface area contributed by atoms with Gasteiger partial charge < -0.3 is 14.8 Å². The van der Waals surface area contributed by atoms with Gasteiger partial charge in [-0.3, -0.25) is 4.79 Å². The molecule has 6 heteroatoms. The largest absolute Gasteiger partial charge is 0.467 e. The molecular formula is C12H19NO5. The molecule has 0 aromatic heterocycles. The van der Waals surface area contributed by atoms with Gasteiger partial charge in [0.25, 0.3) is 0 Å². The highest BCUT2D eigenvalue weighted by molar-refractivity contribution is 5.83. The maximum atomic E-state index is 11.4. The summed E-state index contributed by atoms with van der Waals surface area (Å²) in [5.74, 6) is -0.590. The number of carbonyl (C=O) groups excluding carboxylic acids is 3. The Morgan fingerprint density at radius 2 is 1.89 bits per heavy atom. The fraction of sp³-hybridized carbons (Fsp3) is 0.583. The van der Waals surface area contributed by atoms with E-state index in [9.17, 15) is 14.4 Å². The molecule has 0 aliphatic rings. The van der Waals surface area contributed by atoms with Crippen LogP contribution in [0.25, 0.3) is 0 Å². The van der Waals surface area contributed by atoms with Crippen molar-refractivity contribution in [1.29, 1.82) is 0 Å². The van der Waals surface area contributed by atoms with Gasteiger partial charge in [-0.05, 0) is 12.8 Å². The molecule has 102 valence electrons. The molecule has 0 spiro atoms. The number of ketones is 1. The van der Waals surface area contributed by atoms with Crippen LogP contribution in [-0.2, 0) is 19.1 Å². The molecule has 1 atom stereocenters. The van der Waals surface area contributed by atoms with Crippen LogP contribution in [0.3, 0.4) is 0 Å². The first-order valence-electron chi connectivity index (χ1n) is 5.60. The smallest absolute Gasteiger partial charge is 0.407 e. The Bertz CT molecular complexity index is 314. The second-order valence-corrected chi connectivity index (χ2v) is 3.62. The molecule has 0 heterocycles. The maximum absolute atomic E-state index is 11.4. The third-order valence-electron chi connectivity index (χ3n) is 2.30. The predicted octanol–water partition coefficient (Wildman–Crippen LogP) is 1.20. The minimum Gasteiger partial charge on any atom is -0.467 e. The van der Waals surface area contributed by atoms with Crippen molar-refractivity contribution in [1.82, 2.24) is 5.32 Å². The number of methoxy groups -OCH3 is 2. The Balaban J connectivity index is 4.24. The van der Waals surface area contributed by atoms with Crippen LogP contribution < -0.4 is 5.32 Å². The second kappa shape index (κ2) is 9.21. The van der Waals surface area contributed by atoms with E-state index in [2.05, 4.69) is 21.4 Å². The lowest BCUT2D eigenvalue weighted by molar-refractivity contribution is -0.143. The zero-order valence-electron chi connectivity index (χ0n) is 10.7. The molecule has 0 bridgehead atoms. The molecule has 0 rings (SSSR count). The van der Waals surface area contributed by atoms with E-state index in [-0.39, 0.29) is 18.6 Å². The van der Waals surface area contributed by atoms with Crippen LogP contribution in [0.15, 0.2) is 12.7 Å². The molecule has 0 aliphatic heterocycles. The van der Waals surface area contributed by atoms with Crippen LogP contribution in [-0.4, -0.2) is 38.1 Å². The molecule has 6 nitrogen and oxygen atoms in total. The topological polar surface area (TPSA) is 81.7 Å². The molecule has 0 fully saturated rings. The molecule has 0 unspecified atom stereocenters. The Labute approximate surface area is 106 Å². The third-order valence-corrected chi connectivity index (χ3v) is 2.30. The van der Waals surface area contributed by atoms with Gasteiger partial charge in [0, 0.05) is 12.8 Å². The minimum absolute atomic E-state index is 0.00969. The van der Waals surface area contributed by atoms with E-state index in [4.69, 9.17) is 0 Å². The normalized spacial score (nSPS) is 11.2. The van der Waals surface area contributed by atoms with Crippen LogP contribution in [0, 0.1) is 0 Å². The molecule has 0 aliphatic carbocycles. The van der Waals surface area contributed by atoms with E-state index >= 15 is 0 Å². The Morgan fingerprint density at radius 3 is 2.39 bits per heavy atom. The van der Waals surface area contributed by atoms with Crippen molar-refractivity contribution in [2.45, 2.75) is 31.7 Å². The van der Waals surface area contributed by atoms with Gasteiger partial charge in [-0.15, -0.1) is 6.58 Å². The van der Waals surface area contributed by atoms with E-state index in [1.165, 1.54) is 14.2 Å². The highest BCUT2D eigenvalue weighted by Crippen LogP contribution is 2.04. The second-order valence-electron chi connectivity index (χ2n) is 3.62. The summed E-state index contributed by atoms with van der Waals surface area (Å²) in [6, 6.07) is -0.866. The number of hydrogen-bond donors (Lipinski definition) is 1. The SMILES string of the molecule is C=CCCC(=O)CC[C@H](NC(=O)OC)C(=O)OC. The van der Waals surface area contributed by atoms with E-state index in [0.717, 1.165) is 0 Å². The minimum atomic E-state index is -0.866. The van der Waals surface area contributed by atoms with Gasteiger partial charge >= 0.3 is 12.1 Å². The molecule has 1 N–H and O–H groups in total. The summed E-state index contributed by atoms with van der Waals surface area (Å²) in [5, 5.41) is 2.32. The number of Topliss-reactive ketones (excluding diaryl/α,β-unsaturated/α-hetero) is 1. The zero-order valence-corrected chi connectivity index (χ0v) is 10.7. The number of rotatable bonds is 8. The summed E-state index contributed by atoms with van der Waals surface area (Å²) < 4.78 is 8.93. The molecule has 0 saturated carbocycles. The highest BCUT2D eigenvalue weighted by Gasteiger charge is 2.22. The lowest BCUT2D eigenvalue weighted by Gasteiger charge is -2.14. The lowest BCUT2D eigenvalue weighted by atomic mass is 10.1. The molecule has 1 amide bonds. The number of nitrogens with one attached hydrogen (secondary N) is 1. The van der Waals surface area contributed by atoms with Crippen molar-refractivity contribution in [3.8, 4) is 0 Å². The average Bonchev–Trinajstić information content (AvgIpc) is 2.39. The van der Waals surface area contributed by atoms with E-state index < -0.39 is 18.1 Å². The summed E-state index contributed by atoms with van der Waals surface area (Å²) in [6.45, 7) is 3.52. The number of ether oxygens (including phenoxy) is 2. The molecule has 18 heavy (non-hydrogen) atoms. The van der Waals surface area contributed by atoms with Crippen LogP contribution in [0.5, 0.6) is 0 Å². The summed E-state index contributed by atoms with van der Waals surface area (Å²) in [4.78, 5) is 33.8. The van der Waals surface area contributed by atoms with E-state index in [1.54, 1.807) is 6.08 Å². The van der Waals surface area contributed by atoms with Gasteiger partial charge in [0.2, 0.25) is 0 Å². The van der Waals surface area contributed by atoms with Crippen molar-refractivity contribution in [3.05, 3.63) is 12.7 Å². The summed E-state index contributed by atoms with van der Waals surface area (Å²) in [7, 11) is 2.41. The first-order valence-corrected chi connectivity index (χ1v) is 5.60. The molecular weight excluding hydrogens is 238 g/mol. The van der Waals surface area contributed by atoms with Gasteiger partial charge in [-0.2, -0.15) is 0 Å². The van der Waals surface area contributed by atoms with Crippen LogP contribution >= 0.6 is 0 Å². The van der Waals surface area contributed by atoms with Crippen molar-refractivity contribution >= 4 is 17.8 Å². The fourth-order valence-corrected chi connectivity index (χ4v) is 1.29. The molecule has 0 aromatic rings. The molecule has 0 radical (unpaired) electrons. The predicted molar refractivity (Wildman–Crippen MR) is 65.0 cm³/mol. The summed E-state index contributed by atoms with van der Waals surface area (Å²) >= 11 is 0. The first kappa shape index (κ1) is 16.1. The van der Waals surface area contributed by atoms with E-state index in [1.807, 2.05) is 0 Å². The van der Waals surface area contributed by atoms with Crippen LogP contribution in [0.1, 0.15) is 25.7 Å². The average molecular weight is 257 g/mol. The van der Waals surface area contributed by atoms with Crippen molar-refractivity contribution in [2.75, 3.05) is 14.2 Å². The Hall–Kier alpha value is -1.85. The Kier molecular flexibility index (Phi) is 8.26. The van der Waals surface area contributed by atoms with Gasteiger partial charge in [-0.1, -0.05) is 6.08 Å². The third kappa shape index (κ3) is 6.67. The van der Waals surface area contributed by atoms with Gasteiger partial charge in [0.05, 0.1) is 14.2 Å².